The predicted molar refractivity (Wildman–Crippen MR) is 117 cm³/mol. The van der Waals surface area contributed by atoms with Crippen molar-refractivity contribution in [2.75, 3.05) is 10.6 Å². The monoisotopic (exact) mass is 404 g/mol. The minimum atomic E-state index is -0.424. The van der Waals surface area contributed by atoms with Crippen molar-refractivity contribution in [1.29, 1.82) is 0 Å². The molecule has 30 heavy (non-hydrogen) atoms. The molecule has 7 nitrogen and oxygen atoms in total. The van der Waals surface area contributed by atoms with Crippen molar-refractivity contribution in [2.45, 2.75) is 33.7 Å². The van der Waals surface area contributed by atoms with Crippen molar-refractivity contribution < 1.29 is 9.59 Å². The van der Waals surface area contributed by atoms with E-state index in [9.17, 15) is 14.4 Å². The van der Waals surface area contributed by atoms with Crippen LogP contribution in [0.3, 0.4) is 0 Å². The molecular formula is C23H24N4O3. The van der Waals surface area contributed by atoms with E-state index in [0.717, 1.165) is 21.4 Å². The molecule has 1 heterocycles. The van der Waals surface area contributed by atoms with Gasteiger partial charge in [-0.1, -0.05) is 23.8 Å². The number of amides is 2. The lowest BCUT2D eigenvalue weighted by Crippen LogP contribution is -2.28. The molecule has 0 atom stereocenters. The quantitative estimate of drug-likeness (QED) is 0.658. The number of nitrogens with one attached hydrogen (secondary N) is 2. The zero-order valence-corrected chi connectivity index (χ0v) is 17.2. The molecule has 3 rings (SSSR count). The van der Waals surface area contributed by atoms with Crippen LogP contribution >= 0.6 is 0 Å². The Kier molecular flexibility index (Phi) is 6.41. The van der Waals surface area contributed by atoms with Gasteiger partial charge in [-0.15, -0.1) is 0 Å². The maximum absolute atomic E-state index is 12.4. The first-order valence-corrected chi connectivity index (χ1v) is 9.64. The van der Waals surface area contributed by atoms with Crippen molar-refractivity contribution in [1.82, 2.24) is 9.78 Å². The summed E-state index contributed by atoms with van der Waals surface area (Å²) in [6.45, 7) is 5.94. The van der Waals surface area contributed by atoms with Crippen LogP contribution in [0.5, 0.6) is 0 Å². The molecule has 154 valence electrons. The number of hydrogen-bond donors (Lipinski definition) is 2. The van der Waals surface area contributed by atoms with E-state index >= 15 is 0 Å². The van der Waals surface area contributed by atoms with Gasteiger partial charge in [0.05, 0.1) is 6.54 Å². The van der Waals surface area contributed by atoms with Gasteiger partial charge in [-0.2, -0.15) is 5.10 Å². The van der Waals surface area contributed by atoms with Crippen LogP contribution in [-0.2, 0) is 11.3 Å². The lowest BCUT2D eigenvalue weighted by atomic mass is 10.1. The molecule has 3 aromatic rings. The Labute approximate surface area is 174 Å². The molecule has 7 heteroatoms. The number of aryl methyl sites for hydroxylation is 4. The zero-order chi connectivity index (χ0) is 21.7. The van der Waals surface area contributed by atoms with E-state index in [1.54, 1.807) is 12.1 Å². The third kappa shape index (κ3) is 5.64. The topological polar surface area (TPSA) is 93.1 Å². The highest BCUT2D eigenvalue weighted by molar-refractivity contribution is 6.02. The van der Waals surface area contributed by atoms with Crippen LogP contribution in [0.2, 0.25) is 0 Å². The summed E-state index contributed by atoms with van der Waals surface area (Å²) in [6.07, 6.45) is 0.0585. The number of carbonyl (C=O) groups excluding carboxylic acids is 2. The Morgan fingerprint density at radius 1 is 0.833 bits per heavy atom. The van der Waals surface area contributed by atoms with E-state index in [1.165, 1.54) is 12.1 Å². The maximum atomic E-state index is 12.4. The lowest BCUT2D eigenvalue weighted by molar-refractivity contribution is -0.116. The largest absolute Gasteiger partial charge is 0.326 e. The molecule has 0 spiro atoms. The van der Waals surface area contributed by atoms with Gasteiger partial charge in [0.2, 0.25) is 5.91 Å². The van der Waals surface area contributed by atoms with E-state index in [-0.39, 0.29) is 30.1 Å². The van der Waals surface area contributed by atoms with E-state index in [1.807, 2.05) is 51.1 Å². The summed E-state index contributed by atoms with van der Waals surface area (Å²) in [4.78, 5) is 36.8. The highest BCUT2D eigenvalue weighted by atomic mass is 16.2. The van der Waals surface area contributed by atoms with E-state index in [0.29, 0.717) is 11.4 Å². The first kappa shape index (κ1) is 21.0. The fourth-order valence-corrected chi connectivity index (χ4v) is 3.04. The van der Waals surface area contributed by atoms with Gasteiger partial charge in [0.25, 0.3) is 11.5 Å². The molecule has 0 unspecified atom stereocenters. The highest BCUT2D eigenvalue weighted by Gasteiger charge is 2.11. The standard InChI is InChI=1S/C23H24N4O3/c1-15-4-6-18(7-5-15)25-23(30)20-8-9-22(29)27(26-20)11-10-21(28)24-19-13-16(2)12-17(3)14-19/h4-9,12-14H,10-11H2,1-3H3,(H,24,28)(H,25,30). The summed E-state index contributed by atoms with van der Waals surface area (Å²) < 4.78 is 1.13. The minimum Gasteiger partial charge on any atom is -0.326 e. The molecule has 2 N–H and O–H groups in total. The Hall–Kier alpha value is -3.74. The van der Waals surface area contributed by atoms with Crippen molar-refractivity contribution in [3.05, 3.63) is 87.3 Å². The SMILES string of the molecule is Cc1ccc(NC(=O)c2ccc(=O)n(CCC(=O)Nc3cc(C)cc(C)c3)n2)cc1. The normalized spacial score (nSPS) is 10.5. The Morgan fingerprint density at radius 3 is 2.17 bits per heavy atom. The van der Waals surface area contributed by atoms with Gasteiger partial charge in [0.1, 0.15) is 5.69 Å². The Morgan fingerprint density at radius 2 is 1.50 bits per heavy atom. The summed E-state index contributed by atoms with van der Waals surface area (Å²) in [6, 6.07) is 15.8. The van der Waals surface area contributed by atoms with Gasteiger partial charge in [-0.25, -0.2) is 4.68 Å². The van der Waals surface area contributed by atoms with E-state index in [2.05, 4.69) is 15.7 Å². The van der Waals surface area contributed by atoms with Crippen LogP contribution in [0.15, 0.2) is 59.4 Å². The fraction of sp³-hybridized carbons (Fsp3) is 0.217. The van der Waals surface area contributed by atoms with Gasteiger partial charge in [0, 0.05) is 23.9 Å². The average molecular weight is 404 g/mol. The second-order valence-electron chi connectivity index (χ2n) is 7.27. The Bertz CT molecular complexity index is 1110. The molecule has 1 aromatic heterocycles. The van der Waals surface area contributed by atoms with E-state index < -0.39 is 5.91 Å². The van der Waals surface area contributed by atoms with Crippen molar-refractivity contribution in [3.8, 4) is 0 Å². The first-order valence-electron chi connectivity index (χ1n) is 9.64. The number of nitrogens with zero attached hydrogens (tertiary/aromatic N) is 2. The lowest BCUT2D eigenvalue weighted by Gasteiger charge is -2.09. The second kappa shape index (κ2) is 9.17. The molecule has 0 bridgehead atoms. The summed E-state index contributed by atoms with van der Waals surface area (Å²) >= 11 is 0. The number of benzene rings is 2. The second-order valence-corrected chi connectivity index (χ2v) is 7.27. The number of rotatable bonds is 6. The number of carbonyl (C=O) groups is 2. The molecule has 0 saturated carbocycles. The van der Waals surface area contributed by atoms with Gasteiger partial charge < -0.3 is 10.6 Å². The summed E-state index contributed by atoms with van der Waals surface area (Å²) in [7, 11) is 0. The van der Waals surface area contributed by atoms with Crippen LogP contribution in [0.25, 0.3) is 0 Å². The van der Waals surface area contributed by atoms with Gasteiger partial charge >= 0.3 is 0 Å². The number of aromatic nitrogens is 2. The van der Waals surface area contributed by atoms with Crippen LogP contribution < -0.4 is 16.2 Å². The predicted octanol–water partition coefficient (Wildman–Crippen LogP) is 3.45. The molecule has 2 amide bonds. The third-order valence-corrected chi connectivity index (χ3v) is 4.46. The van der Waals surface area contributed by atoms with Crippen molar-refractivity contribution in [2.24, 2.45) is 0 Å². The van der Waals surface area contributed by atoms with Crippen LogP contribution in [-0.4, -0.2) is 21.6 Å². The molecule has 2 aromatic carbocycles. The smallest absolute Gasteiger partial charge is 0.276 e. The van der Waals surface area contributed by atoms with Crippen molar-refractivity contribution >= 4 is 23.2 Å². The van der Waals surface area contributed by atoms with Crippen LogP contribution in [0.1, 0.15) is 33.6 Å². The van der Waals surface area contributed by atoms with Crippen LogP contribution in [0, 0.1) is 20.8 Å². The summed E-state index contributed by atoms with van der Waals surface area (Å²) in [5.41, 5.74) is 4.26. The fourth-order valence-electron chi connectivity index (χ4n) is 3.04. The summed E-state index contributed by atoms with van der Waals surface area (Å²) in [5.74, 6) is -0.657. The number of anilines is 2. The van der Waals surface area contributed by atoms with Gasteiger partial charge in [-0.3, -0.25) is 14.4 Å². The van der Waals surface area contributed by atoms with Crippen LogP contribution in [0.4, 0.5) is 11.4 Å². The molecule has 0 saturated heterocycles. The third-order valence-electron chi connectivity index (χ3n) is 4.46. The summed E-state index contributed by atoms with van der Waals surface area (Å²) in [5, 5.41) is 9.68. The average Bonchev–Trinajstić information content (AvgIpc) is 2.68. The first-order chi connectivity index (χ1) is 14.3. The molecule has 0 fully saturated rings. The van der Waals surface area contributed by atoms with E-state index in [4.69, 9.17) is 0 Å². The van der Waals surface area contributed by atoms with Crippen molar-refractivity contribution in [3.63, 3.8) is 0 Å². The minimum absolute atomic E-state index is 0.0585. The van der Waals surface area contributed by atoms with Gasteiger partial charge in [-0.05, 0) is 62.2 Å². The zero-order valence-electron chi connectivity index (χ0n) is 17.2. The Balaban J connectivity index is 1.64. The maximum Gasteiger partial charge on any atom is 0.276 e. The molecule has 0 aliphatic heterocycles. The van der Waals surface area contributed by atoms with Gasteiger partial charge in [0.15, 0.2) is 0 Å². The molecule has 0 aliphatic carbocycles. The molecular weight excluding hydrogens is 380 g/mol. The highest BCUT2D eigenvalue weighted by Crippen LogP contribution is 2.14. The number of hydrogen-bond acceptors (Lipinski definition) is 4. The molecule has 0 aliphatic rings. The molecule has 0 radical (unpaired) electrons.